The normalized spacial score (nSPS) is 10.8. The number of para-hydroxylation sites is 1. The Kier molecular flexibility index (Phi) is 5.48. The Morgan fingerprint density at radius 1 is 1.03 bits per heavy atom. The highest BCUT2D eigenvalue weighted by molar-refractivity contribution is 6.00. The molecule has 4 rings (SSSR count). The highest BCUT2D eigenvalue weighted by atomic mass is 15.2. The highest BCUT2D eigenvalue weighted by Gasteiger charge is 2.15. The van der Waals surface area contributed by atoms with Crippen LogP contribution in [0.1, 0.15) is 22.3 Å². The molecule has 154 valence electrons. The lowest BCUT2D eigenvalue weighted by atomic mass is 9.92. The molecule has 4 aromatic rings. The number of nitrogen functional groups attached to an aromatic ring is 1. The van der Waals surface area contributed by atoms with Crippen molar-refractivity contribution in [2.45, 2.75) is 13.8 Å². The van der Waals surface area contributed by atoms with Crippen LogP contribution in [0.25, 0.3) is 28.1 Å². The van der Waals surface area contributed by atoms with E-state index in [1.165, 1.54) is 12.3 Å². The van der Waals surface area contributed by atoms with Crippen LogP contribution in [-0.2, 0) is 0 Å². The molecule has 0 radical (unpaired) electrons. The van der Waals surface area contributed by atoms with E-state index in [0.717, 1.165) is 38.7 Å². The van der Waals surface area contributed by atoms with Crippen LogP contribution < -0.4 is 11.1 Å². The van der Waals surface area contributed by atoms with Crippen LogP contribution in [0.15, 0.2) is 54.7 Å². The van der Waals surface area contributed by atoms with E-state index in [9.17, 15) is 0 Å². The van der Waals surface area contributed by atoms with Gasteiger partial charge in [-0.3, -0.25) is 0 Å². The molecule has 2 heterocycles. The molecule has 0 fully saturated rings. The van der Waals surface area contributed by atoms with E-state index in [2.05, 4.69) is 15.3 Å². The van der Waals surface area contributed by atoms with Crippen molar-refractivity contribution < 1.29 is 0 Å². The van der Waals surface area contributed by atoms with Crippen molar-refractivity contribution in [1.82, 2.24) is 15.0 Å². The molecule has 0 unspecified atom stereocenters. The number of nitriles is 2. The highest BCUT2D eigenvalue weighted by Crippen LogP contribution is 2.35. The first kappa shape index (κ1) is 20.5. The van der Waals surface area contributed by atoms with Gasteiger partial charge in [0.25, 0.3) is 0 Å². The van der Waals surface area contributed by atoms with Gasteiger partial charge in [-0.25, -0.2) is 9.97 Å². The first-order valence-electron chi connectivity index (χ1n) is 9.87. The standard InChI is InChI=1S/C25H19N7/c1-15-11-17(5-4-10-26)12-16(2)22(15)19-6-3-7-20-23(19)31-25(32-24(20)28)30-21-9-8-18(13-27)14-29-21/h3-9,11-12,14H,1-2H3,(H3,28,29,30,31,32)/b5-4+. The van der Waals surface area contributed by atoms with Gasteiger partial charge in [-0.2, -0.15) is 15.5 Å². The molecule has 7 nitrogen and oxygen atoms in total. The van der Waals surface area contributed by atoms with E-state index >= 15 is 0 Å². The van der Waals surface area contributed by atoms with Crippen molar-refractivity contribution >= 4 is 34.6 Å². The predicted octanol–water partition coefficient (Wildman–Crippen LogP) is 5.04. The molecule has 0 bridgehead atoms. The van der Waals surface area contributed by atoms with Crippen LogP contribution >= 0.6 is 0 Å². The molecule has 0 spiro atoms. The fourth-order valence-electron chi connectivity index (χ4n) is 3.73. The maximum absolute atomic E-state index is 8.95. The Bertz CT molecular complexity index is 1420. The van der Waals surface area contributed by atoms with E-state index in [0.29, 0.717) is 23.1 Å². The number of nitrogens with one attached hydrogen (secondary N) is 1. The molecule has 2 aromatic carbocycles. The molecule has 0 aliphatic carbocycles. The van der Waals surface area contributed by atoms with Gasteiger partial charge in [0.1, 0.15) is 17.7 Å². The van der Waals surface area contributed by atoms with E-state index < -0.39 is 0 Å². The van der Waals surface area contributed by atoms with Gasteiger partial charge in [-0.05, 0) is 60.4 Å². The predicted molar refractivity (Wildman–Crippen MR) is 126 cm³/mol. The van der Waals surface area contributed by atoms with Crippen LogP contribution in [0.3, 0.4) is 0 Å². The number of hydrogen-bond donors (Lipinski definition) is 2. The fraction of sp³-hybridized carbons (Fsp3) is 0.0800. The Hall–Kier alpha value is -4.75. The third kappa shape index (κ3) is 3.96. The summed E-state index contributed by atoms with van der Waals surface area (Å²) in [6.07, 6.45) is 4.74. The van der Waals surface area contributed by atoms with Gasteiger partial charge in [-0.1, -0.05) is 24.3 Å². The Balaban J connectivity index is 1.83. The summed E-state index contributed by atoms with van der Waals surface area (Å²) in [6, 6.07) is 17.4. The number of rotatable bonds is 4. The number of nitrogens with two attached hydrogens (primary N) is 1. The van der Waals surface area contributed by atoms with Crippen molar-refractivity contribution in [2.75, 3.05) is 11.1 Å². The first-order valence-corrected chi connectivity index (χ1v) is 9.87. The number of pyridine rings is 1. The van der Waals surface area contributed by atoms with E-state index in [1.54, 1.807) is 18.2 Å². The van der Waals surface area contributed by atoms with Crippen LogP contribution in [0.2, 0.25) is 0 Å². The molecule has 7 heteroatoms. The quantitative estimate of drug-likeness (QED) is 0.445. The molecule has 0 aliphatic heterocycles. The summed E-state index contributed by atoms with van der Waals surface area (Å²) in [5, 5.41) is 21.6. The second-order valence-corrected chi connectivity index (χ2v) is 7.30. The van der Waals surface area contributed by atoms with Crippen LogP contribution in [0.4, 0.5) is 17.6 Å². The van der Waals surface area contributed by atoms with Gasteiger partial charge in [0.05, 0.1) is 17.1 Å². The number of allylic oxidation sites excluding steroid dienone is 1. The third-order valence-corrected chi connectivity index (χ3v) is 5.06. The molecule has 3 N–H and O–H groups in total. The third-order valence-electron chi connectivity index (χ3n) is 5.06. The minimum absolute atomic E-state index is 0.323. The SMILES string of the molecule is Cc1cc(/C=C/C#N)cc(C)c1-c1cccc2c(N)nc(Nc3ccc(C#N)cn3)nc12. The average Bonchev–Trinajstić information content (AvgIpc) is 2.78. The van der Waals surface area contributed by atoms with Gasteiger partial charge in [0, 0.05) is 23.2 Å². The molecule has 0 saturated carbocycles. The maximum Gasteiger partial charge on any atom is 0.230 e. The van der Waals surface area contributed by atoms with Gasteiger partial charge >= 0.3 is 0 Å². The molecule has 32 heavy (non-hydrogen) atoms. The summed E-state index contributed by atoms with van der Waals surface area (Å²) in [7, 11) is 0. The van der Waals surface area contributed by atoms with Gasteiger partial charge in [-0.15, -0.1) is 0 Å². The van der Waals surface area contributed by atoms with Gasteiger partial charge < -0.3 is 11.1 Å². The Labute approximate surface area is 185 Å². The minimum atomic E-state index is 0.323. The molecule has 0 aliphatic rings. The second-order valence-electron chi connectivity index (χ2n) is 7.30. The zero-order valence-electron chi connectivity index (χ0n) is 17.6. The molecule has 2 aromatic heterocycles. The monoisotopic (exact) mass is 417 g/mol. The van der Waals surface area contributed by atoms with Crippen molar-refractivity contribution in [2.24, 2.45) is 0 Å². The number of hydrogen-bond acceptors (Lipinski definition) is 7. The van der Waals surface area contributed by atoms with E-state index in [1.807, 2.05) is 56.3 Å². The topological polar surface area (TPSA) is 124 Å². The summed E-state index contributed by atoms with van der Waals surface area (Å²) in [6.45, 7) is 4.07. The summed E-state index contributed by atoms with van der Waals surface area (Å²) in [4.78, 5) is 13.3. The van der Waals surface area contributed by atoms with Gasteiger partial charge in [0.15, 0.2) is 0 Å². The zero-order chi connectivity index (χ0) is 22.7. The number of aryl methyl sites for hydroxylation is 2. The molecular weight excluding hydrogens is 398 g/mol. The van der Waals surface area contributed by atoms with Crippen molar-refractivity contribution in [3.8, 4) is 23.3 Å². The molecule has 0 amide bonds. The number of anilines is 3. The maximum atomic E-state index is 8.95. The molecule has 0 atom stereocenters. The average molecular weight is 417 g/mol. The Morgan fingerprint density at radius 3 is 2.47 bits per heavy atom. The summed E-state index contributed by atoms with van der Waals surface area (Å²) < 4.78 is 0. The summed E-state index contributed by atoms with van der Waals surface area (Å²) >= 11 is 0. The number of aromatic nitrogens is 3. The van der Waals surface area contributed by atoms with Crippen LogP contribution in [0.5, 0.6) is 0 Å². The first-order chi connectivity index (χ1) is 15.5. The van der Waals surface area contributed by atoms with Crippen molar-refractivity contribution in [3.05, 3.63) is 77.0 Å². The Morgan fingerprint density at radius 2 is 1.81 bits per heavy atom. The van der Waals surface area contributed by atoms with E-state index in [-0.39, 0.29) is 0 Å². The van der Waals surface area contributed by atoms with Gasteiger partial charge in [0.2, 0.25) is 5.95 Å². The zero-order valence-corrected chi connectivity index (χ0v) is 17.6. The number of fused-ring (bicyclic) bond motifs is 1. The largest absolute Gasteiger partial charge is 0.383 e. The minimum Gasteiger partial charge on any atom is -0.383 e. The smallest absolute Gasteiger partial charge is 0.230 e. The van der Waals surface area contributed by atoms with E-state index in [4.69, 9.17) is 21.2 Å². The lowest BCUT2D eigenvalue weighted by Crippen LogP contribution is -2.04. The second kappa shape index (κ2) is 8.55. The fourth-order valence-corrected chi connectivity index (χ4v) is 3.73. The van der Waals surface area contributed by atoms with Crippen LogP contribution in [0, 0.1) is 36.5 Å². The summed E-state index contributed by atoms with van der Waals surface area (Å²) in [5.41, 5.74) is 12.6. The lowest BCUT2D eigenvalue weighted by Gasteiger charge is -2.15. The van der Waals surface area contributed by atoms with Crippen molar-refractivity contribution in [1.29, 1.82) is 10.5 Å². The summed E-state index contributed by atoms with van der Waals surface area (Å²) in [5.74, 6) is 1.20. The lowest BCUT2D eigenvalue weighted by molar-refractivity contribution is 1.19. The molecule has 0 saturated heterocycles. The number of nitrogens with zero attached hydrogens (tertiary/aromatic N) is 5. The van der Waals surface area contributed by atoms with Crippen LogP contribution in [-0.4, -0.2) is 15.0 Å². The van der Waals surface area contributed by atoms with Crippen molar-refractivity contribution in [3.63, 3.8) is 0 Å². The number of benzene rings is 2. The molecular formula is C25H19N7.